The second-order valence-corrected chi connectivity index (χ2v) is 6.32. The Morgan fingerprint density at radius 1 is 1.39 bits per heavy atom. The summed E-state index contributed by atoms with van der Waals surface area (Å²) in [7, 11) is 0. The molecule has 0 amide bonds. The number of likely N-dealkylation sites (tertiary alicyclic amines) is 1. The van der Waals surface area contributed by atoms with E-state index in [9.17, 15) is 0 Å². The fourth-order valence-corrected chi connectivity index (χ4v) is 3.06. The Kier molecular flexibility index (Phi) is 4.82. The molecule has 0 radical (unpaired) electrons. The summed E-state index contributed by atoms with van der Waals surface area (Å²) in [6, 6.07) is 9.54. The van der Waals surface area contributed by atoms with Crippen molar-refractivity contribution in [3.8, 4) is 0 Å². The van der Waals surface area contributed by atoms with Crippen LogP contribution in [0.3, 0.4) is 0 Å². The first kappa shape index (κ1) is 14.0. The molecule has 3 unspecified atom stereocenters. The number of halogens is 1. The van der Waals surface area contributed by atoms with Crippen LogP contribution in [0.25, 0.3) is 0 Å². The van der Waals surface area contributed by atoms with Crippen LogP contribution in [0.5, 0.6) is 0 Å². The Labute approximate surface area is 119 Å². The molecule has 1 aliphatic rings. The molecule has 0 bridgehead atoms. The highest BCUT2D eigenvalue weighted by Gasteiger charge is 2.27. The van der Waals surface area contributed by atoms with Gasteiger partial charge in [-0.25, -0.2) is 0 Å². The fraction of sp³-hybridized carbons (Fsp3) is 0.600. The predicted molar refractivity (Wildman–Crippen MR) is 80.5 cm³/mol. The smallest absolute Gasteiger partial charge is 0.0346 e. The Hall–Kier alpha value is -0.380. The molecule has 100 valence electrons. The summed E-state index contributed by atoms with van der Waals surface area (Å²) in [5, 5.41) is 0. The molecular formula is C15H23BrN2. The summed E-state index contributed by atoms with van der Waals surface area (Å²) in [4.78, 5) is 2.55. The summed E-state index contributed by atoms with van der Waals surface area (Å²) < 4.78 is 1.14. The van der Waals surface area contributed by atoms with Crippen molar-refractivity contribution in [1.82, 2.24) is 4.90 Å². The standard InChI is InChI=1S/C15H23BrN2/c1-3-15(12-4-6-13(16)7-5-12)18-9-8-11(2)14(17)10-18/h4-7,11,14-15H,3,8-10,17H2,1-2H3. The molecular weight excluding hydrogens is 288 g/mol. The molecule has 0 saturated carbocycles. The first-order valence-electron chi connectivity index (χ1n) is 6.87. The van der Waals surface area contributed by atoms with E-state index >= 15 is 0 Å². The Morgan fingerprint density at radius 2 is 2.06 bits per heavy atom. The summed E-state index contributed by atoms with van der Waals surface area (Å²) in [5.41, 5.74) is 7.62. The van der Waals surface area contributed by atoms with Gasteiger partial charge in [0.1, 0.15) is 0 Å². The maximum absolute atomic E-state index is 6.21. The summed E-state index contributed by atoms with van der Waals surface area (Å²) in [6.07, 6.45) is 2.36. The van der Waals surface area contributed by atoms with E-state index < -0.39 is 0 Å². The number of benzene rings is 1. The number of nitrogens with two attached hydrogens (primary N) is 1. The van der Waals surface area contributed by atoms with Gasteiger partial charge in [0, 0.05) is 23.1 Å². The van der Waals surface area contributed by atoms with Crippen molar-refractivity contribution in [3.63, 3.8) is 0 Å². The molecule has 2 rings (SSSR count). The first-order valence-corrected chi connectivity index (χ1v) is 7.66. The highest BCUT2D eigenvalue weighted by Crippen LogP contribution is 2.29. The summed E-state index contributed by atoms with van der Waals surface area (Å²) in [5.74, 6) is 0.656. The summed E-state index contributed by atoms with van der Waals surface area (Å²) >= 11 is 3.50. The first-order chi connectivity index (χ1) is 8.61. The van der Waals surface area contributed by atoms with E-state index in [1.807, 2.05) is 0 Å². The molecule has 0 aromatic heterocycles. The van der Waals surface area contributed by atoms with Crippen LogP contribution in [0.2, 0.25) is 0 Å². The number of hydrogen-bond donors (Lipinski definition) is 1. The third-order valence-corrected chi connectivity index (χ3v) is 4.66. The molecule has 1 fully saturated rings. The quantitative estimate of drug-likeness (QED) is 0.924. The number of nitrogens with zero attached hydrogens (tertiary/aromatic N) is 1. The van der Waals surface area contributed by atoms with Gasteiger partial charge in [-0.05, 0) is 43.0 Å². The topological polar surface area (TPSA) is 29.3 Å². The lowest BCUT2D eigenvalue weighted by Gasteiger charge is -2.40. The molecule has 1 saturated heterocycles. The van der Waals surface area contributed by atoms with Crippen LogP contribution in [0.1, 0.15) is 38.3 Å². The Morgan fingerprint density at radius 3 is 2.61 bits per heavy atom. The molecule has 3 heteroatoms. The van der Waals surface area contributed by atoms with Crippen LogP contribution in [0.15, 0.2) is 28.7 Å². The molecule has 2 N–H and O–H groups in total. The number of hydrogen-bond acceptors (Lipinski definition) is 2. The van der Waals surface area contributed by atoms with Gasteiger partial charge in [-0.2, -0.15) is 0 Å². The Balaban J connectivity index is 2.11. The van der Waals surface area contributed by atoms with Crippen LogP contribution in [-0.4, -0.2) is 24.0 Å². The van der Waals surface area contributed by atoms with Gasteiger partial charge < -0.3 is 5.73 Å². The van der Waals surface area contributed by atoms with Gasteiger partial charge in [0.05, 0.1) is 0 Å². The zero-order valence-electron chi connectivity index (χ0n) is 11.3. The van der Waals surface area contributed by atoms with Crippen LogP contribution in [0.4, 0.5) is 0 Å². The molecule has 1 aromatic rings. The van der Waals surface area contributed by atoms with Crippen molar-refractivity contribution >= 4 is 15.9 Å². The predicted octanol–water partition coefficient (Wildman–Crippen LogP) is 3.57. The normalized spacial score (nSPS) is 27.1. The lowest BCUT2D eigenvalue weighted by atomic mass is 9.91. The average Bonchev–Trinajstić information content (AvgIpc) is 2.37. The van der Waals surface area contributed by atoms with Gasteiger partial charge in [0.2, 0.25) is 0 Å². The zero-order chi connectivity index (χ0) is 13.1. The molecule has 2 nitrogen and oxygen atoms in total. The van der Waals surface area contributed by atoms with Gasteiger partial charge in [-0.3, -0.25) is 4.90 Å². The van der Waals surface area contributed by atoms with Gasteiger partial charge in [0.25, 0.3) is 0 Å². The van der Waals surface area contributed by atoms with Crippen LogP contribution in [0, 0.1) is 5.92 Å². The third kappa shape index (κ3) is 3.14. The largest absolute Gasteiger partial charge is 0.326 e. The van der Waals surface area contributed by atoms with E-state index in [-0.39, 0.29) is 0 Å². The minimum atomic E-state index is 0.322. The number of piperidine rings is 1. The second kappa shape index (κ2) is 6.18. The molecule has 1 heterocycles. The maximum atomic E-state index is 6.21. The zero-order valence-corrected chi connectivity index (χ0v) is 12.9. The summed E-state index contributed by atoms with van der Waals surface area (Å²) in [6.45, 7) is 6.72. The van der Waals surface area contributed by atoms with Crippen LogP contribution in [-0.2, 0) is 0 Å². The highest BCUT2D eigenvalue weighted by molar-refractivity contribution is 9.10. The van der Waals surface area contributed by atoms with Crippen LogP contribution >= 0.6 is 15.9 Å². The van der Waals surface area contributed by atoms with Crippen molar-refractivity contribution in [2.45, 2.75) is 38.8 Å². The molecule has 0 aliphatic carbocycles. The van der Waals surface area contributed by atoms with Crippen molar-refractivity contribution in [2.75, 3.05) is 13.1 Å². The maximum Gasteiger partial charge on any atom is 0.0346 e. The van der Waals surface area contributed by atoms with Crippen molar-refractivity contribution in [2.24, 2.45) is 11.7 Å². The molecule has 0 spiro atoms. The minimum Gasteiger partial charge on any atom is -0.326 e. The molecule has 1 aromatic carbocycles. The van der Waals surface area contributed by atoms with Crippen molar-refractivity contribution in [3.05, 3.63) is 34.3 Å². The van der Waals surface area contributed by atoms with E-state index in [1.165, 1.54) is 18.5 Å². The lowest BCUT2D eigenvalue weighted by Crippen LogP contribution is -2.48. The Bertz CT molecular complexity index is 377. The SMILES string of the molecule is CCC(c1ccc(Br)cc1)N1CCC(C)C(N)C1. The number of rotatable bonds is 3. The van der Waals surface area contributed by atoms with E-state index in [1.54, 1.807) is 0 Å². The van der Waals surface area contributed by atoms with E-state index in [4.69, 9.17) is 5.73 Å². The lowest BCUT2D eigenvalue weighted by molar-refractivity contribution is 0.117. The fourth-order valence-electron chi connectivity index (χ4n) is 2.80. The van der Waals surface area contributed by atoms with Gasteiger partial charge in [-0.15, -0.1) is 0 Å². The minimum absolute atomic E-state index is 0.322. The monoisotopic (exact) mass is 310 g/mol. The van der Waals surface area contributed by atoms with E-state index in [0.717, 1.165) is 17.4 Å². The molecule has 3 atom stereocenters. The highest BCUT2D eigenvalue weighted by atomic mass is 79.9. The van der Waals surface area contributed by atoms with Gasteiger partial charge >= 0.3 is 0 Å². The molecule has 1 aliphatic heterocycles. The van der Waals surface area contributed by atoms with Crippen molar-refractivity contribution in [1.29, 1.82) is 0 Å². The van der Waals surface area contributed by atoms with E-state index in [2.05, 4.69) is 58.9 Å². The van der Waals surface area contributed by atoms with Gasteiger partial charge in [0.15, 0.2) is 0 Å². The second-order valence-electron chi connectivity index (χ2n) is 5.40. The average molecular weight is 311 g/mol. The van der Waals surface area contributed by atoms with Gasteiger partial charge in [-0.1, -0.05) is 41.9 Å². The molecule has 18 heavy (non-hydrogen) atoms. The van der Waals surface area contributed by atoms with Crippen molar-refractivity contribution < 1.29 is 0 Å². The third-order valence-electron chi connectivity index (χ3n) is 4.13. The van der Waals surface area contributed by atoms with Crippen LogP contribution < -0.4 is 5.73 Å². The van der Waals surface area contributed by atoms with E-state index in [0.29, 0.717) is 18.0 Å².